The van der Waals surface area contributed by atoms with Crippen LogP contribution in [-0.4, -0.2) is 41.0 Å². The van der Waals surface area contributed by atoms with Crippen molar-refractivity contribution in [1.82, 2.24) is 20.2 Å². The van der Waals surface area contributed by atoms with Gasteiger partial charge in [0.05, 0.1) is 0 Å². The van der Waals surface area contributed by atoms with Gasteiger partial charge in [0.15, 0.2) is 0 Å². The Hall–Kier alpha value is -2.47. The molecule has 0 radical (unpaired) electrons. The quantitative estimate of drug-likeness (QED) is 0.909. The first-order valence-corrected chi connectivity index (χ1v) is 7.79. The highest BCUT2D eigenvalue weighted by atomic mass is 16.2. The van der Waals surface area contributed by atoms with Crippen LogP contribution in [0.15, 0.2) is 49.1 Å². The minimum atomic E-state index is -0.185. The summed E-state index contributed by atoms with van der Waals surface area (Å²) in [5.74, 6) is 0.382. The molecule has 0 unspecified atom stereocenters. The van der Waals surface area contributed by atoms with Gasteiger partial charge in [-0.25, -0.2) is 4.79 Å². The molecule has 6 nitrogen and oxygen atoms in total. The Morgan fingerprint density at radius 3 is 2.83 bits per heavy atom. The number of carbonyl (C=O) groups is 1. The zero-order valence-electron chi connectivity index (χ0n) is 13.1. The van der Waals surface area contributed by atoms with Crippen LogP contribution in [-0.2, 0) is 0 Å². The fourth-order valence-corrected chi connectivity index (χ4v) is 3.15. The van der Waals surface area contributed by atoms with Gasteiger partial charge in [0.1, 0.15) is 0 Å². The molecule has 1 fully saturated rings. The standard InChI is InChI=1S/C17H21N5O/c1-22-10-6-14(16(22)13-3-2-7-19-11-13)12-20-17(23)21-15-4-8-18-9-5-15/h2-5,7-9,11,14,16H,6,10,12H2,1H3,(H2,18,20,21,23)/t14-,16-/m0/s1. The van der Waals surface area contributed by atoms with Crippen LogP contribution in [0.2, 0.25) is 0 Å². The van der Waals surface area contributed by atoms with Gasteiger partial charge in [-0.2, -0.15) is 0 Å². The first-order valence-electron chi connectivity index (χ1n) is 7.79. The highest BCUT2D eigenvalue weighted by molar-refractivity contribution is 5.89. The van der Waals surface area contributed by atoms with Crippen LogP contribution in [0.5, 0.6) is 0 Å². The third-order valence-corrected chi connectivity index (χ3v) is 4.26. The van der Waals surface area contributed by atoms with E-state index < -0.39 is 0 Å². The Morgan fingerprint density at radius 1 is 1.26 bits per heavy atom. The molecule has 23 heavy (non-hydrogen) atoms. The van der Waals surface area contributed by atoms with Crippen molar-refractivity contribution in [3.05, 3.63) is 54.6 Å². The van der Waals surface area contributed by atoms with E-state index in [2.05, 4.69) is 38.6 Å². The van der Waals surface area contributed by atoms with Gasteiger partial charge < -0.3 is 10.6 Å². The Morgan fingerprint density at radius 2 is 2.09 bits per heavy atom. The van der Waals surface area contributed by atoms with Gasteiger partial charge >= 0.3 is 6.03 Å². The van der Waals surface area contributed by atoms with Gasteiger partial charge in [0.2, 0.25) is 0 Å². The van der Waals surface area contributed by atoms with Crippen molar-refractivity contribution in [2.75, 3.05) is 25.5 Å². The first kappa shape index (κ1) is 15.4. The SMILES string of the molecule is CN1CC[C@@H](CNC(=O)Nc2ccncc2)[C@@H]1c1cccnc1. The molecule has 6 heteroatoms. The molecule has 2 atom stereocenters. The second-order valence-electron chi connectivity index (χ2n) is 5.83. The van der Waals surface area contributed by atoms with Crippen LogP contribution in [0, 0.1) is 5.92 Å². The molecule has 2 amide bonds. The van der Waals surface area contributed by atoms with Gasteiger partial charge in [-0.1, -0.05) is 6.07 Å². The Kier molecular flexibility index (Phi) is 4.83. The Bertz CT molecular complexity index is 634. The minimum Gasteiger partial charge on any atom is -0.338 e. The summed E-state index contributed by atoms with van der Waals surface area (Å²) in [6.45, 7) is 1.67. The molecule has 0 saturated carbocycles. The van der Waals surface area contributed by atoms with Gasteiger partial charge in [-0.05, 0) is 49.7 Å². The lowest BCUT2D eigenvalue weighted by Crippen LogP contribution is -2.35. The molecule has 2 N–H and O–H groups in total. The summed E-state index contributed by atoms with van der Waals surface area (Å²) in [5, 5.41) is 5.79. The van der Waals surface area contributed by atoms with Crippen LogP contribution in [0.25, 0.3) is 0 Å². The lowest BCUT2D eigenvalue weighted by Gasteiger charge is -2.25. The molecular weight excluding hydrogens is 290 g/mol. The van der Waals surface area contributed by atoms with Crippen LogP contribution < -0.4 is 10.6 Å². The summed E-state index contributed by atoms with van der Waals surface area (Å²) in [7, 11) is 2.12. The van der Waals surface area contributed by atoms with Gasteiger partial charge in [0, 0.05) is 43.1 Å². The number of nitrogens with one attached hydrogen (secondary N) is 2. The zero-order chi connectivity index (χ0) is 16.1. The van der Waals surface area contributed by atoms with Crippen LogP contribution in [0.3, 0.4) is 0 Å². The lowest BCUT2D eigenvalue weighted by atomic mass is 9.95. The van der Waals surface area contributed by atoms with Crippen LogP contribution in [0.4, 0.5) is 10.5 Å². The van der Waals surface area contributed by atoms with Crippen molar-refractivity contribution in [3.8, 4) is 0 Å². The van der Waals surface area contributed by atoms with E-state index in [4.69, 9.17) is 0 Å². The monoisotopic (exact) mass is 311 g/mol. The molecule has 1 aliphatic rings. The largest absolute Gasteiger partial charge is 0.338 e. The number of hydrogen-bond donors (Lipinski definition) is 2. The summed E-state index contributed by atoms with van der Waals surface area (Å²) in [6, 6.07) is 7.70. The second-order valence-corrected chi connectivity index (χ2v) is 5.83. The summed E-state index contributed by atoms with van der Waals surface area (Å²) < 4.78 is 0. The van der Waals surface area contributed by atoms with Crippen LogP contribution >= 0.6 is 0 Å². The fourth-order valence-electron chi connectivity index (χ4n) is 3.15. The molecule has 1 aliphatic heterocycles. The van der Waals surface area contributed by atoms with Crippen molar-refractivity contribution >= 4 is 11.7 Å². The number of hydrogen-bond acceptors (Lipinski definition) is 4. The number of amides is 2. The third-order valence-electron chi connectivity index (χ3n) is 4.26. The Labute approximate surface area is 135 Å². The average Bonchev–Trinajstić information content (AvgIpc) is 2.95. The van der Waals surface area contributed by atoms with E-state index in [0.29, 0.717) is 18.5 Å². The molecule has 0 bridgehead atoms. The van der Waals surface area contributed by atoms with Crippen molar-refractivity contribution in [2.24, 2.45) is 5.92 Å². The predicted molar refractivity (Wildman–Crippen MR) is 89.0 cm³/mol. The smallest absolute Gasteiger partial charge is 0.319 e. The number of carbonyl (C=O) groups excluding carboxylic acids is 1. The maximum Gasteiger partial charge on any atom is 0.319 e. The van der Waals surface area contributed by atoms with E-state index >= 15 is 0 Å². The number of pyridine rings is 2. The van der Waals surface area contributed by atoms with Gasteiger partial charge in [0.25, 0.3) is 0 Å². The molecule has 0 aliphatic carbocycles. The van der Waals surface area contributed by atoms with E-state index in [1.54, 1.807) is 30.7 Å². The molecule has 3 rings (SSSR count). The molecule has 0 spiro atoms. The van der Waals surface area contributed by atoms with E-state index in [1.165, 1.54) is 5.56 Å². The fraction of sp³-hybridized carbons (Fsp3) is 0.353. The molecule has 120 valence electrons. The van der Waals surface area contributed by atoms with Crippen molar-refractivity contribution < 1.29 is 4.79 Å². The normalized spacial score (nSPS) is 21.1. The van der Waals surface area contributed by atoms with E-state index in [-0.39, 0.29) is 6.03 Å². The van der Waals surface area contributed by atoms with E-state index in [9.17, 15) is 4.79 Å². The highest BCUT2D eigenvalue weighted by Crippen LogP contribution is 2.35. The summed E-state index contributed by atoms with van der Waals surface area (Å²) >= 11 is 0. The molecule has 0 aromatic carbocycles. The molecule has 2 aromatic rings. The average molecular weight is 311 g/mol. The predicted octanol–water partition coefficient (Wildman–Crippen LogP) is 2.29. The number of rotatable bonds is 4. The summed E-state index contributed by atoms with van der Waals surface area (Å²) in [6.07, 6.45) is 8.07. The zero-order valence-corrected chi connectivity index (χ0v) is 13.1. The molecule has 3 heterocycles. The number of likely N-dealkylation sites (tertiary alicyclic amines) is 1. The molecular formula is C17H21N5O. The van der Waals surface area contributed by atoms with Crippen molar-refractivity contribution in [3.63, 3.8) is 0 Å². The molecule has 2 aromatic heterocycles. The van der Waals surface area contributed by atoms with E-state index in [1.807, 2.05) is 12.3 Å². The van der Waals surface area contributed by atoms with Gasteiger partial charge in [-0.15, -0.1) is 0 Å². The molecule has 1 saturated heterocycles. The topological polar surface area (TPSA) is 70.2 Å². The number of nitrogens with zero attached hydrogens (tertiary/aromatic N) is 3. The number of anilines is 1. The maximum absolute atomic E-state index is 12.0. The Balaban J connectivity index is 1.58. The summed E-state index contributed by atoms with van der Waals surface area (Å²) in [5.41, 5.74) is 1.94. The first-order chi connectivity index (χ1) is 11.2. The number of urea groups is 1. The van der Waals surface area contributed by atoms with Crippen LogP contribution in [0.1, 0.15) is 18.0 Å². The third kappa shape index (κ3) is 3.84. The minimum absolute atomic E-state index is 0.185. The maximum atomic E-state index is 12.0. The second kappa shape index (κ2) is 7.19. The van der Waals surface area contributed by atoms with Crippen molar-refractivity contribution in [1.29, 1.82) is 0 Å². The lowest BCUT2D eigenvalue weighted by molar-refractivity contribution is 0.243. The number of aromatic nitrogens is 2. The van der Waals surface area contributed by atoms with E-state index in [0.717, 1.165) is 18.7 Å². The highest BCUT2D eigenvalue weighted by Gasteiger charge is 2.33. The summed E-state index contributed by atoms with van der Waals surface area (Å²) in [4.78, 5) is 22.5. The van der Waals surface area contributed by atoms with Gasteiger partial charge in [-0.3, -0.25) is 14.9 Å². The van der Waals surface area contributed by atoms with Crippen molar-refractivity contribution in [2.45, 2.75) is 12.5 Å².